The van der Waals surface area contributed by atoms with Crippen LogP contribution < -0.4 is 11.1 Å². The molecule has 0 spiro atoms. The Labute approximate surface area is 91.0 Å². The minimum Gasteiger partial charge on any atom is -0.468 e. The number of furan rings is 1. The van der Waals surface area contributed by atoms with Gasteiger partial charge in [0.25, 0.3) is 0 Å². The molecule has 0 aromatic carbocycles. The highest BCUT2D eigenvalue weighted by Gasteiger charge is 2.20. The van der Waals surface area contributed by atoms with Gasteiger partial charge in [-0.25, -0.2) is 0 Å². The van der Waals surface area contributed by atoms with Gasteiger partial charge in [0.1, 0.15) is 5.76 Å². The Morgan fingerprint density at radius 1 is 1.40 bits per heavy atom. The largest absolute Gasteiger partial charge is 0.468 e. The van der Waals surface area contributed by atoms with Gasteiger partial charge in [-0.3, -0.25) is 0 Å². The third-order valence-corrected chi connectivity index (χ3v) is 3.23. The zero-order valence-electron chi connectivity index (χ0n) is 9.28. The standard InChI is InChI=1S/C12H20N2O/c1-9(12-3-2-8-15-12)14-11-6-4-10(13)5-7-11/h2-3,8-11,14H,4-7,13H2,1H3/t9-,10?,11?/m1/s1. The molecule has 0 radical (unpaired) electrons. The second kappa shape index (κ2) is 4.81. The van der Waals surface area contributed by atoms with Crippen LogP contribution in [0, 0.1) is 0 Å². The molecule has 1 aliphatic rings. The lowest BCUT2D eigenvalue weighted by molar-refractivity contribution is 0.305. The summed E-state index contributed by atoms with van der Waals surface area (Å²) in [7, 11) is 0. The zero-order chi connectivity index (χ0) is 10.7. The normalized spacial score (nSPS) is 28.9. The Hall–Kier alpha value is -0.800. The molecule has 84 valence electrons. The summed E-state index contributed by atoms with van der Waals surface area (Å²) in [5, 5.41) is 3.59. The maximum absolute atomic E-state index is 5.88. The van der Waals surface area contributed by atoms with Crippen molar-refractivity contribution in [1.29, 1.82) is 0 Å². The Balaban J connectivity index is 1.82. The molecule has 3 N–H and O–H groups in total. The first-order chi connectivity index (χ1) is 7.25. The van der Waals surface area contributed by atoms with Crippen molar-refractivity contribution < 1.29 is 4.42 Å². The fourth-order valence-electron chi connectivity index (χ4n) is 2.26. The molecule has 0 saturated heterocycles. The van der Waals surface area contributed by atoms with Gasteiger partial charge in [-0.1, -0.05) is 0 Å². The predicted molar refractivity (Wildman–Crippen MR) is 60.5 cm³/mol. The van der Waals surface area contributed by atoms with Crippen LogP contribution in [-0.4, -0.2) is 12.1 Å². The summed E-state index contributed by atoms with van der Waals surface area (Å²) in [6.07, 6.45) is 6.38. The molecule has 3 heteroatoms. The molecule has 2 rings (SSSR count). The van der Waals surface area contributed by atoms with Crippen LogP contribution in [-0.2, 0) is 0 Å². The lowest BCUT2D eigenvalue weighted by Gasteiger charge is -2.28. The van der Waals surface area contributed by atoms with Crippen LogP contribution in [0.25, 0.3) is 0 Å². The van der Waals surface area contributed by atoms with Gasteiger partial charge < -0.3 is 15.5 Å². The van der Waals surface area contributed by atoms with E-state index in [1.54, 1.807) is 6.26 Å². The van der Waals surface area contributed by atoms with Crippen molar-refractivity contribution in [2.45, 2.75) is 50.7 Å². The Bertz CT molecular complexity index is 276. The van der Waals surface area contributed by atoms with E-state index in [2.05, 4.69) is 12.2 Å². The molecule has 1 fully saturated rings. The Kier molecular flexibility index (Phi) is 3.44. The monoisotopic (exact) mass is 208 g/mol. The summed E-state index contributed by atoms with van der Waals surface area (Å²) in [4.78, 5) is 0. The zero-order valence-corrected chi connectivity index (χ0v) is 9.28. The van der Waals surface area contributed by atoms with Gasteiger partial charge in [0.15, 0.2) is 0 Å². The molecule has 1 atom stereocenters. The van der Waals surface area contributed by atoms with E-state index in [-0.39, 0.29) is 0 Å². The third kappa shape index (κ3) is 2.83. The fraction of sp³-hybridized carbons (Fsp3) is 0.667. The lowest BCUT2D eigenvalue weighted by Crippen LogP contribution is -2.38. The van der Waals surface area contributed by atoms with Gasteiger partial charge in [0.2, 0.25) is 0 Å². The van der Waals surface area contributed by atoms with Gasteiger partial charge in [0.05, 0.1) is 12.3 Å². The van der Waals surface area contributed by atoms with Gasteiger partial charge in [-0.05, 0) is 44.7 Å². The first-order valence-corrected chi connectivity index (χ1v) is 5.80. The highest BCUT2D eigenvalue weighted by atomic mass is 16.3. The molecule has 0 aliphatic heterocycles. The molecule has 1 aromatic rings. The average Bonchev–Trinajstić information content (AvgIpc) is 2.74. The first-order valence-electron chi connectivity index (χ1n) is 5.80. The number of rotatable bonds is 3. The summed E-state index contributed by atoms with van der Waals surface area (Å²) in [6.45, 7) is 2.15. The molecule has 1 saturated carbocycles. The molecule has 15 heavy (non-hydrogen) atoms. The second-order valence-corrected chi connectivity index (χ2v) is 4.52. The highest BCUT2D eigenvalue weighted by Crippen LogP contribution is 2.21. The molecule has 1 heterocycles. The van der Waals surface area contributed by atoms with E-state index in [1.165, 1.54) is 12.8 Å². The third-order valence-electron chi connectivity index (χ3n) is 3.23. The maximum Gasteiger partial charge on any atom is 0.120 e. The van der Waals surface area contributed by atoms with E-state index in [0.29, 0.717) is 18.1 Å². The van der Waals surface area contributed by atoms with Crippen LogP contribution >= 0.6 is 0 Å². The molecule has 0 amide bonds. The van der Waals surface area contributed by atoms with Crippen molar-refractivity contribution >= 4 is 0 Å². The van der Waals surface area contributed by atoms with Gasteiger partial charge in [-0.15, -0.1) is 0 Å². The summed E-state index contributed by atoms with van der Waals surface area (Å²) >= 11 is 0. The van der Waals surface area contributed by atoms with Crippen LogP contribution in [0.3, 0.4) is 0 Å². The molecule has 0 unspecified atom stereocenters. The molecule has 3 nitrogen and oxygen atoms in total. The highest BCUT2D eigenvalue weighted by molar-refractivity contribution is 5.03. The molecule has 1 aromatic heterocycles. The SMILES string of the molecule is C[C@@H](NC1CCC(N)CC1)c1ccco1. The van der Waals surface area contributed by atoms with E-state index in [1.807, 2.05) is 12.1 Å². The number of hydrogen-bond donors (Lipinski definition) is 2. The van der Waals surface area contributed by atoms with Crippen molar-refractivity contribution in [2.75, 3.05) is 0 Å². The second-order valence-electron chi connectivity index (χ2n) is 4.52. The van der Waals surface area contributed by atoms with Crippen LogP contribution in [0.2, 0.25) is 0 Å². The molecular weight excluding hydrogens is 188 g/mol. The van der Waals surface area contributed by atoms with Crippen molar-refractivity contribution in [3.63, 3.8) is 0 Å². The Morgan fingerprint density at radius 3 is 2.73 bits per heavy atom. The van der Waals surface area contributed by atoms with Crippen molar-refractivity contribution in [3.05, 3.63) is 24.2 Å². The number of hydrogen-bond acceptors (Lipinski definition) is 3. The minimum atomic E-state index is 0.305. The molecular formula is C12H20N2O. The smallest absolute Gasteiger partial charge is 0.120 e. The fourth-order valence-corrected chi connectivity index (χ4v) is 2.26. The van der Waals surface area contributed by atoms with E-state index in [4.69, 9.17) is 10.2 Å². The minimum absolute atomic E-state index is 0.305. The summed E-state index contributed by atoms with van der Waals surface area (Å²) < 4.78 is 5.37. The molecule has 1 aliphatic carbocycles. The van der Waals surface area contributed by atoms with Gasteiger partial charge in [-0.2, -0.15) is 0 Å². The summed E-state index contributed by atoms with van der Waals surface area (Å²) in [6, 6.07) is 5.28. The van der Waals surface area contributed by atoms with E-state index in [0.717, 1.165) is 18.6 Å². The topological polar surface area (TPSA) is 51.2 Å². The first kappa shape index (κ1) is 10.7. The van der Waals surface area contributed by atoms with Crippen LogP contribution in [0.4, 0.5) is 0 Å². The molecule has 0 bridgehead atoms. The average molecular weight is 208 g/mol. The van der Waals surface area contributed by atoms with E-state index in [9.17, 15) is 0 Å². The number of nitrogens with two attached hydrogens (primary N) is 1. The summed E-state index contributed by atoms with van der Waals surface area (Å²) in [5.41, 5.74) is 5.88. The van der Waals surface area contributed by atoms with Crippen molar-refractivity contribution in [1.82, 2.24) is 5.32 Å². The van der Waals surface area contributed by atoms with Gasteiger partial charge in [0, 0.05) is 12.1 Å². The Morgan fingerprint density at radius 2 is 2.13 bits per heavy atom. The van der Waals surface area contributed by atoms with E-state index < -0.39 is 0 Å². The van der Waals surface area contributed by atoms with Crippen LogP contribution in [0.15, 0.2) is 22.8 Å². The van der Waals surface area contributed by atoms with Gasteiger partial charge >= 0.3 is 0 Å². The van der Waals surface area contributed by atoms with Crippen LogP contribution in [0.1, 0.15) is 44.4 Å². The maximum atomic E-state index is 5.88. The van der Waals surface area contributed by atoms with Crippen molar-refractivity contribution in [2.24, 2.45) is 5.73 Å². The van der Waals surface area contributed by atoms with E-state index >= 15 is 0 Å². The van der Waals surface area contributed by atoms with Crippen molar-refractivity contribution in [3.8, 4) is 0 Å². The number of nitrogens with one attached hydrogen (secondary N) is 1. The summed E-state index contributed by atoms with van der Waals surface area (Å²) in [5.74, 6) is 1.02. The predicted octanol–water partition coefficient (Wildman–Crippen LogP) is 2.20. The van der Waals surface area contributed by atoms with Crippen LogP contribution in [0.5, 0.6) is 0 Å². The quantitative estimate of drug-likeness (QED) is 0.800. The lowest BCUT2D eigenvalue weighted by atomic mass is 9.91.